The van der Waals surface area contributed by atoms with Crippen LogP contribution in [0.3, 0.4) is 0 Å². The fourth-order valence-corrected chi connectivity index (χ4v) is 5.27. The lowest BCUT2D eigenvalue weighted by Crippen LogP contribution is -2.43. The molecule has 0 radical (unpaired) electrons. The molecule has 8 nitrogen and oxygen atoms in total. The Balaban J connectivity index is 1.52. The minimum Gasteiger partial charge on any atom is -0.444 e. The lowest BCUT2D eigenvalue weighted by atomic mass is 10.1. The zero-order valence-electron chi connectivity index (χ0n) is 18.6. The number of rotatable bonds is 4. The molecule has 3 heterocycles. The van der Waals surface area contributed by atoms with Crippen molar-refractivity contribution in [2.75, 3.05) is 20.3 Å². The Morgan fingerprint density at radius 1 is 1.34 bits per heavy atom. The predicted octanol–water partition coefficient (Wildman–Crippen LogP) is 3.66. The van der Waals surface area contributed by atoms with E-state index < -0.39 is 11.7 Å². The van der Waals surface area contributed by atoms with Crippen LogP contribution in [-0.2, 0) is 16.0 Å². The highest BCUT2D eigenvalue weighted by molar-refractivity contribution is 7.15. The van der Waals surface area contributed by atoms with E-state index in [1.807, 2.05) is 39.0 Å². The minimum absolute atomic E-state index is 0.133. The molecule has 2 aliphatic rings. The highest BCUT2D eigenvalue weighted by Crippen LogP contribution is 2.37. The molecule has 4 rings (SSSR count). The number of nitriles is 1. The summed E-state index contributed by atoms with van der Waals surface area (Å²) in [5, 5.41) is 10.1. The summed E-state index contributed by atoms with van der Waals surface area (Å²) in [6.45, 7) is 6.73. The topological polar surface area (TPSA) is 95.8 Å². The number of carbonyl (C=O) groups excluding carboxylic acids is 2. The largest absolute Gasteiger partial charge is 0.444 e. The van der Waals surface area contributed by atoms with Gasteiger partial charge in [0.1, 0.15) is 16.3 Å². The lowest BCUT2D eigenvalue weighted by molar-refractivity contribution is 0.0140. The number of carbonyl (C=O) groups is 2. The highest BCUT2D eigenvalue weighted by atomic mass is 32.1. The van der Waals surface area contributed by atoms with Crippen molar-refractivity contribution >= 4 is 23.3 Å². The number of amides is 2. The van der Waals surface area contributed by atoms with E-state index in [9.17, 15) is 14.9 Å². The second kappa shape index (κ2) is 8.52. The first kappa shape index (κ1) is 22.2. The number of hydrogen-bond acceptors (Lipinski definition) is 7. The van der Waals surface area contributed by atoms with Crippen LogP contribution in [0.1, 0.15) is 48.1 Å². The molecular weight excluding hydrogens is 428 g/mol. The zero-order chi connectivity index (χ0) is 23.0. The summed E-state index contributed by atoms with van der Waals surface area (Å²) in [6, 6.07) is 9.15. The molecule has 2 aromatic rings. The molecular formula is C23H26N4O4S. The second-order valence-electron chi connectivity index (χ2n) is 9.01. The molecule has 2 amide bonds. The molecule has 32 heavy (non-hydrogen) atoms. The van der Waals surface area contributed by atoms with E-state index in [-0.39, 0.29) is 18.0 Å². The Bertz CT molecular complexity index is 1080. The number of methoxy groups -OCH3 is 1. The molecule has 0 spiro atoms. The van der Waals surface area contributed by atoms with Crippen LogP contribution in [0.2, 0.25) is 0 Å². The van der Waals surface area contributed by atoms with Crippen LogP contribution < -0.4 is 0 Å². The number of fused-ring (bicyclic) bond motifs is 1. The van der Waals surface area contributed by atoms with E-state index in [1.165, 1.54) is 11.3 Å². The number of thiazole rings is 1. The Morgan fingerprint density at radius 2 is 2.09 bits per heavy atom. The fourth-order valence-electron chi connectivity index (χ4n) is 4.18. The number of likely N-dealkylation sites (tertiary alicyclic amines) is 1. The van der Waals surface area contributed by atoms with Gasteiger partial charge in [-0.25, -0.2) is 9.78 Å². The Kier molecular flexibility index (Phi) is 5.93. The van der Waals surface area contributed by atoms with Gasteiger partial charge in [-0.3, -0.25) is 4.79 Å². The van der Waals surface area contributed by atoms with E-state index in [1.54, 1.807) is 23.0 Å². The standard InChI is InChI=1S/C23H26N4O4S/c1-23(2,3)31-22(29)27-11-15(9-16(27)13-30-4)26-12-18-19(21(26)28)25-20(32-18)17-8-6-5-7-14(17)10-24/h5-8,15-16H,9,11-13H2,1-4H3/t15-,16+/m1/s1. The minimum atomic E-state index is -0.597. The Hall–Kier alpha value is -2.96. The predicted molar refractivity (Wildman–Crippen MR) is 119 cm³/mol. The van der Waals surface area contributed by atoms with Crippen molar-refractivity contribution in [3.63, 3.8) is 0 Å². The van der Waals surface area contributed by atoms with Gasteiger partial charge in [0.15, 0.2) is 0 Å². The van der Waals surface area contributed by atoms with Crippen molar-refractivity contribution in [2.45, 2.75) is 51.4 Å². The third-order valence-electron chi connectivity index (χ3n) is 5.57. The fraction of sp³-hybridized carbons (Fsp3) is 0.478. The van der Waals surface area contributed by atoms with Gasteiger partial charge in [0.2, 0.25) is 0 Å². The first-order valence-corrected chi connectivity index (χ1v) is 11.3. The molecule has 1 aromatic carbocycles. The van der Waals surface area contributed by atoms with E-state index in [0.717, 1.165) is 10.4 Å². The number of nitrogens with zero attached hydrogens (tertiary/aromatic N) is 4. The van der Waals surface area contributed by atoms with Crippen molar-refractivity contribution in [2.24, 2.45) is 0 Å². The van der Waals surface area contributed by atoms with E-state index >= 15 is 0 Å². The van der Waals surface area contributed by atoms with Crippen LogP contribution >= 0.6 is 11.3 Å². The molecule has 0 aliphatic carbocycles. The van der Waals surface area contributed by atoms with Gasteiger partial charge in [-0.15, -0.1) is 11.3 Å². The van der Waals surface area contributed by atoms with Gasteiger partial charge in [-0.05, 0) is 33.3 Å². The maximum absolute atomic E-state index is 13.2. The SMILES string of the molecule is COC[C@@H]1C[C@@H](N2Cc3sc(-c4ccccc4C#N)nc3C2=O)CN1C(=O)OC(C)(C)C. The molecule has 168 valence electrons. The summed E-state index contributed by atoms with van der Waals surface area (Å²) in [5.74, 6) is -0.135. The zero-order valence-corrected chi connectivity index (χ0v) is 19.4. The number of hydrogen-bond donors (Lipinski definition) is 0. The van der Waals surface area contributed by atoms with Gasteiger partial charge >= 0.3 is 6.09 Å². The molecule has 0 unspecified atom stereocenters. The van der Waals surface area contributed by atoms with Gasteiger partial charge in [0, 0.05) is 19.2 Å². The van der Waals surface area contributed by atoms with Crippen molar-refractivity contribution in [3.05, 3.63) is 40.4 Å². The van der Waals surface area contributed by atoms with Crippen LogP contribution in [0.5, 0.6) is 0 Å². The summed E-state index contributed by atoms with van der Waals surface area (Å²) in [4.78, 5) is 34.8. The van der Waals surface area contributed by atoms with Gasteiger partial charge < -0.3 is 19.3 Å². The molecule has 2 atom stereocenters. The Morgan fingerprint density at radius 3 is 2.75 bits per heavy atom. The van der Waals surface area contributed by atoms with Gasteiger partial charge in [-0.1, -0.05) is 18.2 Å². The monoisotopic (exact) mass is 454 g/mol. The highest BCUT2D eigenvalue weighted by Gasteiger charge is 2.44. The van der Waals surface area contributed by atoms with Gasteiger partial charge in [-0.2, -0.15) is 5.26 Å². The molecule has 9 heteroatoms. The average Bonchev–Trinajstić information content (AvgIpc) is 3.41. The van der Waals surface area contributed by atoms with Crippen LogP contribution in [0.25, 0.3) is 10.6 Å². The maximum Gasteiger partial charge on any atom is 0.410 e. The normalized spacial score (nSPS) is 20.4. The summed E-state index contributed by atoms with van der Waals surface area (Å²) < 4.78 is 10.9. The van der Waals surface area contributed by atoms with Crippen LogP contribution in [0.15, 0.2) is 24.3 Å². The van der Waals surface area contributed by atoms with E-state index in [0.29, 0.717) is 42.4 Å². The van der Waals surface area contributed by atoms with Gasteiger partial charge in [0.25, 0.3) is 5.91 Å². The number of aromatic nitrogens is 1. The summed E-state index contributed by atoms with van der Waals surface area (Å²) in [7, 11) is 1.60. The smallest absolute Gasteiger partial charge is 0.410 e. The lowest BCUT2D eigenvalue weighted by Gasteiger charge is -2.28. The third-order valence-corrected chi connectivity index (χ3v) is 6.65. The number of ether oxygens (including phenoxy) is 2. The summed E-state index contributed by atoms with van der Waals surface area (Å²) in [5.41, 5.74) is 1.12. The average molecular weight is 455 g/mol. The van der Waals surface area contributed by atoms with Crippen LogP contribution in [0, 0.1) is 11.3 Å². The maximum atomic E-state index is 13.2. The Labute approximate surface area is 191 Å². The molecule has 2 aliphatic heterocycles. The molecule has 0 saturated carbocycles. The molecule has 0 N–H and O–H groups in total. The van der Waals surface area contributed by atoms with Gasteiger partial charge in [0.05, 0.1) is 41.7 Å². The molecule has 0 bridgehead atoms. The van der Waals surface area contributed by atoms with Crippen molar-refractivity contribution < 1.29 is 19.1 Å². The number of benzene rings is 1. The van der Waals surface area contributed by atoms with E-state index in [4.69, 9.17) is 9.47 Å². The van der Waals surface area contributed by atoms with Crippen LogP contribution in [-0.4, -0.2) is 64.7 Å². The third kappa shape index (κ3) is 4.20. The summed E-state index contributed by atoms with van der Waals surface area (Å²) in [6.07, 6.45) is 0.231. The molecule has 1 aromatic heterocycles. The quantitative estimate of drug-likeness (QED) is 0.700. The van der Waals surface area contributed by atoms with E-state index in [2.05, 4.69) is 11.1 Å². The van der Waals surface area contributed by atoms with Crippen molar-refractivity contribution in [1.29, 1.82) is 5.26 Å². The first-order valence-electron chi connectivity index (χ1n) is 10.5. The molecule has 1 saturated heterocycles. The van der Waals surface area contributed by atoms with Crippen molar-refractivity contribution in [3.8, 4) is 16.6 Å². The molecule has 1 fully saturated rings. The van der Waals surface area contributed by atoms with Crippen molar-refractivity contribution in [1.82, 2.24) is 14.8 Å². The first-order chi connectivity index (χ1) is 15.2. The van der Waals surface area contributed by atoms with Crippen LogP contribution in [0.4, 0.5) is 4.79 Å². The second-order valence-corrected chi connectivity index (χ2v) is 10.1. The summed E-state index contributed by atoms with van der Waals surface area (Å²) >= 11 is 1.44.